The molecule has 0 aliphatic heterocycles. The smallest absolute Gasteiger partial charge is 0.419 e. The predicted molar refractivity (Wildman–Crippen MR) is 96.4 cm³/mol. The summed E-state index contributed by atoms with van der Waals surface area (Å²) in [5.41, 5.74) is 0.168. The second-order valence-corrected chi connectivity index (χ2v) is 6.53. The molecule has 25 heavy (non-hydrogen) atoms. The van der Waals surface area contributed by atoms with Gasteiger partial charge in [-0.2, -0.15) is 0 Å². The van der Waals surface area contributed by atoms with Crippen LogP contribution in [0.15, 0.2) is 30.3 Å². The van der Waals surface area contributed by atoms with Gasteiger partial charge in [0.2, 0.25) is 0 Å². The van der Waals surface area contributed by atoms with Gasteiger partial charge in [-0.1, -0.05) is 30.3 Å². The van der Waals surface area contributed by atoms with Crippen LogP contribution in [0.4, 0.5) is 9.59 Å². The lowest BCUT2D eigenvalue weighted by atomic mass is 10.2. The minimum absolute atomic E-state index is 0.103. The Kier molecular flexibility index (Phi) is 8.94. The van der Waals surface area contributed by atoms with Gasteiger partial charge in [0.1, 0.15) is 12.2 Å². The zero-order chi connectivity index (χ0) is 18.7. The Morgan fingerprint density at radius 1 is 1.04 bits per heavy atom. The van der Waals surface area contributed by atoms with E-state index in [0.29, 0.717) is 6.54 Å². The van der Waals surface area contributed by atoms with Crippen molar-refractivity contribution in [2.75, 3.05) is 33.2 Å². The number of nitrogens with zero attached hydrogens (tertiary/aromatic N) is 1. The third kappa shape index (κ3) is 9.07. The minimum atomic E-state index is -0.714. The number of hydrogen-bond donors (Lipinski definition) is 2. The van der Waals surface area contributed by atoms with E-state index in [4.69, 9.17) is 9.47 Å². The van der Waals surface area contributed by atoms with Crippen LogP contribution in [-0.4, -0.2) is 55.9 Å². The molecule has 2 amide bonds. The molecule has 0 atom stereocenters. The third-order valence-corrected chi connectivity index (χ3v) is 3.10. The first-order valence-electron chi connectivity index (χ1n) is 8.40. The van der Waals surface area contributed by atoms with E-state index in [0.717, 1.165) is 23.6 Å². The van der Waals surface area contributed by atoms with Crippen molar-refractivity contribution in [3.05, 3.63) is 35.9 Å². The average Bonchev–Trinajstić information content (AvgIpc) is 2.55. The summed E-state index contributed by atoms with van der Waals surface area (Å²) < 4.78 is 10.5. The van der Waals surface area contributed by atoms with Crippen molar-refractivity contribution >= 4 is 12.2 Å². The molecular formula is C18H29N3O4. The van der Waals surface area contributed by atoms with Crippen LogP contribution >= 0.6 is 0 Å². The van der Waals surface area contributed by atoms with E-state index in [2.05, 4.69) is 10.6 Å². The number of rotatable bonds is 8. The molecule has 0 saturated heterocycles. The number of carbonyl (C=O) groups is 2. The van der Waals surface area contributed by atoms with Crippen LogP contribution in [0.3, 0.4) is 0 Å². The molecule has 2 N–H and O–H groups in total. The van der Waals surface area contributed by atoms with Crippen LogP contribution in [0.5, 0.6) is 0 Å². The van der Waals surface area contributed by atoms with Crippen molar-refractivity contribution in [3.8, 4) is 0 Å². The standard InChI is InChI=1S/C18H29N3O4/c1-18(2,3)25-17(23)21(13-12-20-11-10-19-4)16(22)24-14-15-8-6-5-7-9-15/h5-9,19-20H,10-14H2,1-4H3. The summed E-state index contributed by atoms with van der Waals surface area (Å²) >= 11 is 0. The number of amides is 2. The summed E-state index contributed by atoms with van der Waals surface area (Å²) in [5.74, 6) is 0. The number of imide groups is 1. The van der Waals surface area contributed by atoms with Gasteiger partial charge in [0, 0.05) is 26.2 Å². The molecule has 0 bridgehead atoms. The molecule has 0 aliphatic carbocycles. The maximum absolute atomic E-state index is 12.3. The lowest BCUT2D eigenvalue weighted by molar-refractivity contribution is 0.0211. The van der Waals surface area contributed by atoms with Gasteiger partial charge in [-0.15, -0.1) is 0 Å². The zero-order valence-corrected chi connectivity index (χ0v) is 15.5. The molecule has 0 unspecified atom stereocenters. The van der Waals surface area contributed by atoms with Gasteiger partial charge < -0.3 is 20.1 Å². The molecular weight excluding hydrogens is 322 g/mol. The van der Waals surface area contributed by atoms with E-state index < -0.39 is 17.8 Å². The van der Waals surface area contributed by atoms with Crippen molar-refractivity contribution in [2.24, 2.45) is 0 Å². The molecule has 0 radical (unpaired) electrons. The fraction of sp³-hybridized carbons (Fsp3) is 0.556. The third-order valence-electron chi connectivity index (χ3n) is 3.10. The van der Waals surface area contributed by atoms with E-state index in [1.807, 2.05) is 37.4 Å². The van der Waals surface area contributed by atoms with Crippen LogP contribution in [0.2, 0.25) is 0 Å². The zero-order valence-electron chi connectivity index (χ0n) is 15.5. The lowest BCUT2D eigenvalue weighted by Crippen LogP contribution is -2.44. The Balaban J connectivity index is 2.61. The molecule has 0 saturated carbocycles. The second-order valence-electron chi connectivity index (χ2n) is 6.53. The van der Waals surface area contributed by atoms with Gasteiger partial charge in [-0.05, 0) is 33.4 Å². The van der Waals surface area contributed by atoms with Crippen LogP contribution in [-0.2, 0) is 16.1 Å². The molecule has 0 fully saturated rings. The maximum atomic E-state index is 12.3. The van der Waals surface area contributed by atoms with Gasteiger partial charge in [0.25, 0.3) is 0 Å². The number of carbonyl (C=O) groups excluding carboxylic acids is 2. The lowest BCUT2D eigenvalue weighted by Gasteiger charge is -2.25. The summed E-state index contributed by atoms with van der Waals surface area (Å²) in [7, 11) is 1.86. The van der Waals surface area contributed by atoms with Crippen molar-refractivity contribution in [2.45, 2.75) is 33.0 Å². The summed E-state index contributed by atoms with van der Waals surface area (Å²) in [4.78, 5) is 25.6. The van der Waals surface area contributed by atoms with Gasteiger partial charge in [0.15, 0.2) is 0 Å². The van der Waals surface area contributed by atoms with E-state index in [-0.39, 0.29) is 13.2 Å². The van der Waals surface area contributed by atoms with Crippen molar-refractivity contribution in [1.29, 1.82) is 0 Å². The molecule has 0 aromatic heterocycles. The topological polar surface area (TPSA) is 79.9 Å². The number of likely N-dealkylation sites (N-methyl/N-ethyl adjacent to an activating group) is 1. The summed E-state index contributed by atoms with van der Waals surface area (Å²) in [6.07, 6.45) is -1.42. The van der Waals surface area contributed by atoms with Crippen LogP contribution < -0.4 is 10.6 Å². The SMILES string of the molecule is CNCCNCCN(C(=O)OCc1ccccc1)C(=O)OC(C)(C)C. The first-order chi connectivity index (χ1) is 11.8. The quantitative estimate of drug-likeness (QED) is 0.700. The summed E-state index contributed by atoms with van der Waals surface area (Å²) in [5, 5.41) is 6.15. The molecule has 1 aromatic carbocycles. The molecule has 7 nitrogen and oxygen atoms in total. The maximum Gasteiger partial charge on any atom is 0.419 e. The van der Waals surface area contributed by atoms with Gasteiger partial charge in [-0.25, -0.2) is 14.5 Å². The molecule has 140 valence electrons. The Bertz CT molecular complexity index is 529. The Labute approximate surface area is 149 Å². The number of ether oxygens (including phenoxy) is 2. The van der Waals surface area contributed by atoms with Crippen molar-refractivity contribution in [3.63, 3.8) is 0 Å². The van der Waals surface area contributed by atoms with Gasteiger partial charge >= 0.3 is 12.2 Å². The summed E-state index contributed by atoms with van der Waals surface area (Å²) in [6, 6.07) is 9.31. The molecule has 0 aliphatic rings. The molecule has 1 aromatic rings. The predicted octanol–water partition coefficient (Wildman–Crippen LogP) is 2.37. The van der Waals surface area contributed by atoms with Crippen molar-refractivity contribution < 1.29 is 19.1 Å². The monoisotopic (exact) mass is 351 g/mol. The first-order valence-corrected chi connectivity index (χ1v) is 8.40. The van der Waals surface area contributed by atoms with Crippen LogP contribution in [0, 0.1) is 0 Å². The van der Waals surface area contributed by atoms with E-state index in [1.165, 1.54) is 0 Å². The largest absolute Gasteiger partial charge is 0.444 e. The minimum Gasteiger partial charge on any atom is -0.444 e. The first kappa shape index (κ1) is 20.9. The summed E-state index contributed by atoms with van der Waals surface area (Å²) in [6.45, 7) is 7.53. The van der Waals surface area contributed by atoms with E-state index in [1.54, 1.807) is 20.8 Å². The van der Waals surface area contributed by atoms with E-state index >= 15 is 0 Å². The number of benzene rings is 1. The van der Waals surface area contributed by atoms with Crippen LogP contribution in [0.25, 0.3) is 0 Å². The highest BCUT2D eigenvalue weighted by atomic mass is 16.6. The highest BCUT2D eigenvalue weighted by Crippen LogP contribution is 2.11. The number of hydrogen-bond acceptors (Lipinski definition) is 6. The highest BCUT2D eigenvalue weighted by molar-refractivity contribution is 5.87. The van der Waals surface area contributed by atoms with Crippen molar-refractivity contribution in [1.82, 2.24) is 15.5 Å². The normalized spacial score (nSPS) is 11.0. The highest BCUT2D eigenvalue weighted by Gasteiger charge is 2.28. The Morgan fingerprint density at radius 2 is 1.72 bits per heavy atom. The van der Waals surface area contributed by atoms with Gasteiger partial charge in [-0.3, -0.25) is 0 Å². The molecule has 1 rings (SSSR count). The molecule has 7 heteroatoms. The van der Waals surface area contributed by atoms with E-state index in [9.17, 15) is 9.59 Å². The molecule has 0 heterocycles. The molecule has 0 spiro atoms. The second kappa shape index (κ2) is 10.7. The van der Waals surface area contributed by atoms with Gasteiger partial charge in [0.05, 0.1) is 0 Å². The fourth-order valence-corrected chi connectivity index (χ4v) is 1.90. The number of nitrogens with one attached hydrogen (secondary N) is 2. The van der Waals surface area contributed by atoms with Crippen LogP contribution in [0.1, 0.15) is 26.3 Å². The Hall–Kier alpha value is -2.12. The fourth-order valence-electron chi connectivity index (χ4n) is 1.90. The average molecular weight is 351 g/mol. The Morgan fingerprint density at radius 3 is 2.32 bits per heavy atom.